The van der Waals surface area contributed by atoms with Crippen LogP contribution in [0.4, 0.5) is 9.59 Å². The molecule has 0 saturated carbocycles. The molecule has 3 amide bonds. The summed E-state index contributed by atoms with van der Waals surface area (Å²) in [5.74, 6) is 0. The molecule has 0 aromatic carbocycles. The summed E-state index contributed by atoms with van der Waals surface area (Å²) in [5, 5.41) is 2.88. The van der Waals surface area contributed by atoms with Crippen LogP contribution in [0.3, 0.4) is 0 Å². The van der Waals surface area contributed by atoms with Gasteiger partial charge in [-0.25, -0.2) is 9.59 Å². The Kier molecular flexibility index (Phi) is 7.48. The summed E-state index contributed by atoms with van der Waals surface area (Å²) in [6.45, 7) is 18.6. The number of ether oxygens (including phenoxy) is 3. The number of rotatable bonds is 4. The Hall–Kier alpha value is -2.06. The van der Waals surface area contributed by atoms with Crippen LogP contribution in [0.2, 0.25) is 0 Å². The van der Waals surface area contributed by atoms with Gasteiger partial charge in [0.2, 0.25) is 0 Å². The van der Waals surface area contributed by atoms with E-state index in [-0.39, 0.29) is 24.7 Å². The van der Waals surface area contributed by atoms with Crippen LogP contribution in [0.5, 0.6) is 0 Å². The van der Waals surface area contributed by atoms with Crippen molar-refractivity contribution in [3.8, 4) is 0 Å². The highest BCUT2D eigenvalue weighted by Crippen LogP contribution is 2.22. The Labute approximate surface area is 167 Å². The highest BCUT2D eigenvalue weighted by Gasteiger charge is 2.33. The van der Waals surface area contributed by atoms with E-state index in [2.05, 4.69) is 18.5 Å². The quantitative estimate of drug-likeness (QED) is 0.738. The molecule has 2 aliphatic heterocycles. The first-order valence-corrected chi connectivity index (χ1v) is 9.66. The third-order valence-electron chi connectivity index (χ3n) is 4.69. The first-order valence-electron chi connectivity index (χ1n) is 9.66. The molecular weight excluding hydrogens is 362 g/mol. The number of hydrogen-bond acceptors (Lipinski definition) is 5. The molecule has 2 heterocycles. The topological polar surface area (TPSA) is 80.3 Å². The van der Waals surface area contributed by atoms with Gasteiger partial charge >= 0.3 is 12.1 Å². The van der Waals surface area contributed by atoms with Crippen LogP contribution in [-0.4, -0.2) is 85.7 Å². The van der Waals surface area contributed by atoms with E-state index in [4.69, 9.17) is 14.2 Å². The van der Waals surface area contributed by atoms with Crippen LogP contribution in [0.1, 0.15) is 27.7 Å². The van der Waals surface area contributed by atoms with Gasteiger partial charge in [-0.15, -0.1) is 0 Å². The molecule has 2 atom stereocenters. The Morgan fingerprint density at radius 2 is 1.71 bits per heavy atom. The molecule has 0 aliphatic carbocycles. The number of amides is 3. The molecule has 0 spiro atoms. The van der Waals surface area contributed by atoms with Crippen molar-refractivity contribution < 1.29 is 23.8 Å². The van der Waals surface area contributed by atoms with Crippen molar-refractivity contribution >= 4 is 12.1 Å². The van der Waals surface area contributed by atoms with E-state index < -0.39 is 11.7 Å². The van der Waals surface area contributed by atoms with Crippen LogP contribution in [0.15, 0.2) is 24.3 Å². The maximum atomic E-state index is 12.5. The number of hydrogen-bond donors (Lipinski definition) is 1. The number of urea groups is 1. The fourth-order valence-corrected chi connectivity index (χ4v) is 3.09. The minimum atomic E-state index is -0.582. The summed E-state index contributed by atoms with van der Waals surface area (Å²) in [6.07, 6.45) is -0.402. The fraction of sp³-hybridized carbons (Fsp3) is 0.700. The Morgan fingerprint density at radius 1 is 1.11 bits per heavy atom. The van der Waals surface area contributed by atoms with E-state index in [1.165, 1.54) is 0 Å². The molecule has 0 radical (unpaired) electrons. The molecule has 2 fully saturated rings. The van der Waals surface area contributed by atoms with Crippen molar-refractivity contribution in [3.05, 3.63) is 24.3 Å². The van der Waals surface area contributed by atoms with Gasteiger partial charge in [-0.05, 0) is 38.8 Å². The molecule has 28 heavy (non-hydrogen) atoms. The van der Waals surface area contributed by atoms with Gasteiger partial charge in [-0.3, -0.25) is 4.90 Å². The van der Waals surface area contributed by atoms with E-state index in [0.29, 0.717) is 50.7 Å². The summed E-state index contributed by atoms with van der Waals surface area (Å²) in [4.78, 5) is 28.3. The standard InChI is InChI=1S/C20H33N3O5/c1-14(11-21-18(24)22-7-9-26-12-15(22)2)16(3)17-13-27-10-8-23(17)19(25)28-20(4,5)6/h15,17H,1,3,7-13H2,2,4-6H3,(H,21,24)/t15-,17-/m0/s1. The summed E-state index contributed by atoms with van der Waals surface area (Å²) in [6, 6.07) is -0.497. The van der Waals surface area contributed by atoms with E-state index in [0.717, 1.165) is 0 Å². The molecule has 0 aromatic rings. The van der Waals surface area contributed by atoms with Crippen molar-refractivity contribution in [2.75, 3.05) is 46.1 Å². The van der Waals surface area contributed by atoms with Crippen LogP contribution < -0.4 is 5.32 Å². The van der Waals surface area contributed by atoms with Gasteiger partial charge in [0.1, 0.15) is 5.60 Å². The van der Waals surface area contributed by atoms with E-state index >= 15 is 0 Å². The maximum absolute atomic E-state index is 12.5. The van der Waals surface area contributed by atoms with Crippen LogP contribution >= 0.6 is 0 Å². The molecule has 2 aliphatic rings. The van der Waals surface area contributed by atoms with Crippen molar-refractivity contribution in [2.24, 2.45) is 0 Å². The monoisotopic (exact) mass is 395 g/mol. The summed E-state index contributed by atoms with van der Waals surface area (Å²) in [5.41, 5.74) is 0.723. The lowest BCUT2D eigenvalue weighted by molar-refractivity contribution is -0.0236. The van der Waals surface area contributed by atoms with Crippen molar-refractivity contribution in [1.29, 1.82) is 0 Å². The number of carbonyl (C=O) groups is 2. The van der Waals surface area contributed by atoms with Crippen molar-refractivity contribution in [1.82, 2.24) is 15.1 Å². The number of carbonyl (C=O) groups excluding carboxylic acids is 2. The molecule has 8 nitrogen and oxygen atoms in total. The molecule has 0 aromatic heterocycles. The predicted molar refractivity (Wildman–Crippen MR) is 106 cm³/mol. The molecule has 8 heteroatoms. The van der Waals surface area contributed by atoms with Gasteiger partial charge in [-0.1, -0.05) is 13.2 Å². The van der Waals surface area contributed by atoms with Gasteiger partial charge < -0.3 is 24.4 Å². The fourth-order valence-electron chi connectivity index (χ4n) is 3.09. The second-order valence-electron chi connectivity index (χ2n) is 8.17. The first kappa shape index (κ1) is 22.2. The number of nitrogens with one attached hydrogen (secondary N) is 1. The van der Waals surface area contributed by atoms with E-state index in [1.54, 1.807) is 9.80 Å². The normalized spacial score (nSPS) is 23.1. The predicted octanol–water partition coefficient (Wildman–Crippen LogP) is 2.17. The lowest BCUT2D eigenvalue weighted by Crippen LogP contribution is -2.52. The minimum absolute atomic E-state index is 0.0274. The molecular formula is C20H33N3O5. The molecule has 2 rings (SSSR count). The molecule has 2 saturated heterocycles. The Balaban J connectivity index is 1.93. The van der Waals surface area contributed by atoms with E-state index in [9.17, 15) is 9.59 Å². The van der Waals surface area contributed by atoms with Crippen molar-refractivity contribution in [2.45, 2.75) is 45.4 Å². The molecule has 1 N–H and O–H groups in total. The lowest BCUT2D eigenvalue weighted by Gasteiger charge is -2.38. The van der Waals surface area contributed by atoms with Gasteiger partial charge in [0, 0.05) is 19.6 Å². The SMILES string of the molecule is C=C(CNC(=O)N1CCOC[C@@H]1C)C(=C)[C@@H]1COCCN1C(=O)OC(C)(C)C. The summed E-state index contributed by atoms with van der Waals surface area (Å²) in [7, 11) is 0. The Morgan fingerprint density at radius 3 is 2.32 bits per heavy atom. The summed E-state index contributed by atoms with van der Waals surface area (Å²) < 4.78 is 16.4. The van der Waals surface area contributed by atoms with Gasteiger partial charge in [0.25, 0.3) is 0 Å². The van der Waals surface area contributed by atoms with Gasteiger partial charge in [0.05, 0.1) is 38.5 Å². The third-order valence-corrected chi connectivity index (χ3v) is 4.69. The van der Waals surface area contributed by atoms with E-state index in [1.807, 2.05) is 27.7 Å². The highest BCUT2D eigenvalue weighted by molar-refractivity contribution is 5.75. The zero-order chi connectivity index (χ0) is 20.9. The average molecular weight is 396 g/mol. The number of morpholine rings is 2. The Bertz CT molecular complexity index is 613. The second-order valence-corrected chi connectivity index (χ2v) is 8.17. The minimum Gasteiger partial charge on any atom is -0.444 e. The third kappa shape index (κ3) is 5.97. The smallest absolute Gasteiger partial charge is 0.410 e. The lowest BCUT2D eigenvalue weighted by atomic mass is 10.00. The highest BCUT2D eigenvalue weighted by atomic mass is 16.6. The zero-order valence-corrected chi connectivity index (χ0v) is 17.5. The molecule has 0 unspecified atom stereocenters. The first-order chi connectivity index (χ1) is 13.1. The largest absolute Gasteiger partial charge is 0.444 e. The van der Waals surface area contributed by atoms with Crippen LogP contribution in [-0.2, 0) is 14.2 Å². The van der Waals surface area contributed by atoms with Gasteiger partial charge in [-0.2, -0.15) is 0 Å². The van der Waals surface area contributed by atoms with Gasteiger partial charge in [0.15, 0.2) is 0 Å². The van der Waals surface area contributed by atoms with Crippen LogP contribution in [0, 0.1) is 0 Å². The molecule has 0 bridgehead atoms. The second kappa shape index (κ2) is 9.43. The van der Waals surface area contributed by atoms with Crippen LogP contribution in [0.25, 0.3) is 0 Å². The molecule has 158 valence electrons. The van der Waals surface area contributed by atoms with Crippen molar-refractivity contribution in [3.63, 3.8) is 0 Å². The zero-order valence-electron chi connectivity index (χ0n) is 17.5. The number of nitrogens with zero attached hydrogens (tertiary/aromatic N) is 2. The summed E-state index contributed by atoms with van der Waals surface area (Å²) >= 11 is 0. The average Bonchev–Trinajstić information content (AvgIpc) is 2.64. The maximum Gasteiger partial charge on any atom is 0.410 e.